The van der Waals surface area contributed by atoms with E-state index in [0.29, 0.717) is 17.9 Å². The second-order valence-corrected chi connectivity index (χ2v) is 3.77. The molecular formula is C10H19N5O. The van der Waals surface area contributed by atoms with Gasteiger partial charge in [-0.3, -0.25) is 4.99 Å². The minimum Gasteiger partial charge on any atom is -0.423 e. The van der Waals surface area contributed by atoms with Gasteiger partial charge in [-0.25, -0.2) is 0 Å². The van der Waals surface area contributed by atoms with E-state index in [4.69, 9.17) is 5.73 Å². The molecule has 0 aromatic carbocycles. The normalized spacial score (nSPS) is 11.8. The zero-order chi connectivity index (χ0) is 12.1. The largest absolute Gasteiger partial charge is 0.423 e. The minimum atomic E-state index is 0.0430. The van der Waals surface area contributed by atoms with Crippen LogP contribution in [0.3, 0.4) is 0 Å². The third-order valence-electron chi connectivity index (χ3n) is 2.16. The number of nitrogens with zero attached hydrogens (tertiary/aromatic N) is 4. The first kappa shape index (κ1) is 12.4. The average Bonchev–Trinajstić information content (AvgIpc) is 2.24. The van der Waals surface area contributed by atoms with Gasteiger partial charge in [0.25, 0.3) is 0 Å². The molecule has 0 fully saturated rings. The number of anilines is 2. The fourth-order valence-corrected chi connectivity index (χ4v) is 1.18. The molecule has 1 aromatic heterocycles. The summed E-state index contributed by atoms with van der Waals surface area (Å²) in [4.78, 5) is 10.1. The Morgan fingerprint density at radius 1 is 1.56 bits per heavy atom. The van der Waals surface area contributed by atoms with Gasteiger partial charge in [0.15, 0.2) is 5.49 Å². The monoisotopic (exact) mass is 225 g/mol. The highest BCUT2D eigenvalue weighted by Crippen LogP contribution is 2.04. The molecule has 0 atom stereocenters. The number of aromatic nitrogens is 2. The van der Waals surface area contributed by atoms with Crippen molar-refractivity contribution in [3.8, 4) is 0 Å². The molecule has 0 amide bonds. The maximum Gasteiger partial charge on any atom is 0.238 e. The first-order valence-corrected chi connectivity index (χ1v) is 5.33. The van der Waals surface area contributed by atoms with Crippen molar-refractivity contribution in [2.75, 3.05) is 31.3 Å². The Morgan fingerprint density at radius 2 is 2.25 bits per heavy atom. The fourth-order valence-electron chi connectivity index (χ4n) is 1.18. The van der Waals surface area contributed by atoms with Crippen LogP contribution in [-0.4, -0.2) is 35.6 Å². The number of hydrogen-bond acceptors (Lipinski definition) is 5. The van der Waals surface area contributed by atoms with Crippen molar-refractivity contribution in [1.82, 2.24) is 9.71 Å². The van der Waals surface area contributed by atoms with Crippen LogP contribution in [0.2, 0.25) is 0 Å². The summed E-state index contributed by atoms with van der Waals surface area (Å²) in [5.74, 6) is 0.722. The van der Waals surface area contributed by atoms with Crippen molar-refractivity contribution >= 4 is 11.8 Å². The van der Waals surface area contributed by atoms with Crippen LogP contribution >= 0.6 is 0 Å². The van der Waals surface area contributed by atoms with Crippen molar-refractivity contribution in [2.45, 2.75) is 19.8 Å². The standard InChI is InChI=1S/C10H19N5O/c1-4-5-6-12-8-7-9(14(2)3)13-10(11)15(8)16/h7,16H,4-6H2,1-3H3,(H2,11,13). The van der Waals surface area contributed by atoms with E-state index in [1.54, 1.807) is 6.07 Å². The summed E-state index contributed by atoms with van der Waals surface area (Å²) in [5.41, 5.74) is 6.01. The highest BCUT2D eigenvalue weighted by Gasteiger charge is 2.04. The molecule has 6 heteroatoms. The summed E-state index contributed by atoms with van der Waals surface area (Å²) >= 11 is 0. The highest BCUT2D eigenvalue weighted by atomic mass is 16.5. The Morgan fingerprint density at radius 3 is 2.81 bits per heavy atom. The lowest BCUT2D eigenvalue weighted by atomic mass is 10.3. The maximum absolute atomic E-state index is 9.62. The molecule has 6 nitrogen and oxygen atoms in total. The molecular weight excluding hydrogens is 206 g/mol. The van der Waals surface area contributed by atoms with Crippen LogP contribution in [0.15, 0.2) is 11.1 Å². The molecule has 0 saturated heterocycles. The third kappa shape index (κ3) is 2.88. The van der Waals surface area contributed by atoms with Crippen molar-refractivity contribution < 1.29 is 5.21 Å². The maximum atomic E-state index is 9.62. The molecule has 90 valence electrons. The number of unbranched alkanes of at least 4 members (excludes halogenated alkanes) is 1. The molecule has 16 heavy (non-hydrogen) atoms. The Bertz CT molecular complexity index is 410. The Labute approximate surface area is 95.0 Å². The topological polar surface area (TPSA) is 79.7 Å². The van der Waals surface area contributed by atoms with Gasteiger partial charge in [-0.05, 0) is 6.42 Å². The van der Waals surface area contributed by atoms with E-state index >= 15 is 0 Å². The molecule has 0 saturated carbocycles. The van der Waals surface area contributed by atoms with E-state index in [1.165, 1.54) is 0 Å². The van der Waals surface area contributed by atoms with E-state index < -0.39 is 0 Å². The first-order valence-electron chi connectivity index (χ1n) is 5.33. The second kappa shape index (κ2) is 5.39. The second-order valence-electron chi connectivity index (χ2n) is 3.77. The summed E-state index contributed by atoms with van der Waals surface area (Å²) in [7, 11) is 3.72. The number of rotatable bonds is 4. The van der Waals surface area contributed by atoms with Gasteiger partial charge in [-0.2, -0.15) is 4.98 Å². The number of nitrogens with two attached hydrogens (primary N) is 1. The molecule has 1 heterocycles. The van der Waals surface area contributed by atoms with Crippen molar-refractivity contribution in [2.24, 2.45) is 4.99 Å². The van der Waals surface area contributed by atoms with Crippen molar-refractivity contribution in [1.29, 1.82) is 0 Å². The van der Waals surface area contributed by atoms with Gasteiger partial charge in [-0.15, -0.1) is 4.73 Å². The Balaban J connectivity index is 3.11. The van der Waals surface area contributed by atoms with Gasteiger partial charge < -0.3 is 15.8 Å². The highest BCUT2D eigenvalue weighted by molar-refractivity contribution is 5.39. The zero-order valence-electron chi connectivity index (χ0n) is 10.0. The van der Waals surface area contributed by atoms with Crippen LogP contribution in [0.4, 0.5) is 11.8 Å². The third-order valence-corrected chi connectivity index (χ3v) is 2.16. The van der Waals surface area contributed by atoms with E-state index in [1.807, 2.05) is 19.0 Å². The van der Waals surface area contributed by atoms with E-state index in [0.717, 1.165) is 17.6 Å². The lowest BCUT2D eigenvalue weighted by molar-refractivity contribution is 0.175. The SMILES string of the molecule is CCCCN=c1cc(N(C)C)nc(N)n1O. The van der Waals surface area contributed by atoms with Crippen LogP contribution < -0.4 is 16.1 Å². The lowest BCUT2D eigenvalue weighted by Gasteiger charge is -2.12. The molecule has 0 unspecified atom stereocenters. The van der Waals surface area contributed by atoms with E-state index in [9.17, 15) is 5.21 Å². The molecule has 1 rings (SSSR count). The Kier molecular flexibility index (Phi) is 4.16. The summed E-state index contributed by atoms with van der Waals surface area (Å²) < 4.78 is 0.808. The molecule has 0 bridgehead atoms. The molecule has 0 spiro atoms. The minimum absolute atomic E-state index is 0.0430. The van der Waals surface area contributed by atoms with Crippen LogP contribution in [0.25, 0.3) is 0 Å². The Hall–Kier alpha value is -1.72. The zero-order valence-corrected chi connectivity index (χ0v) is 10.0. The smallest absolute Gasteiger partial charge is 0.238 e. The molecule has 3 N–H and O–H groups in total. The summed E-state index contributed by atoms with van der Waals surface area (Å²) in [5, 5.41) is 9.62. The lowest BCUT2D eigenvalue weighted by Crippen LogP contribution is -2.26. The van der Waals surface area contributed by atoms with Gasteiger partial charge in [-0.1, -0.05) is 13.3 Å². The molecule has 1 aromatic rings. The van der Waals surface area contributed by atoms with Crippen LogP contribution in [-0.2, 0) is 0 Å². The van der Waals surface area contributed by atoms with Crippen LogP contribution in [0.1, 0.15) is 19.8 Å². The van der Waals surface area contributed by atoms with Crippen LogP contribution in [0, 0.1) is 0 Å². The molecule has 0 aliphatic heterocycles. The predicted molar refractivity (Wildman–Crippen MR) is 63.5 cm³/mol. The summed E-state index contributed by atoms with van der Waals surface area (Å²) in [6, 6.07) is 1.70. The summed E-state index contributed by atoms with van der Waals surface area (Å²) in [6.07, 6.45) is 2.05. The first-order chi connectivity index (χ1) is 7.56. The summed E-state index contributed by atoms with van der Waals surface area (Å²) in [6.45, 7) is 2.77. The van der Waals surface area contributed by atoms with Crippen molar-refractivity contribution in [3.63, 3.8) is 0 Å². The quantitative estimate of drug-likeness (QED) is 0.576. The predicted octanol–water partition coefficient (Wildman–Crippen LogP) is 0.469. The average molecular weight is 225 g/mol. The fraction of sp³-hybridized carbons (Fsp3) is 0.600. The van der Waals surface area contributed by atoms with Crippen LogP contribution in [0.5, 0.6) is 0 Å². The van der Waals surface area contributed by atoms with Gasteiger partial charge >= 0.3 is 0 Å². The molecule has 0 radical (unpaired) electrons. The van der Waals surface area contributed by atoms with Crippen molar-refractivity contribution in [3.05, 3.63) is 11.6 Å². The van der Waals surface area contributed by atoms with Gasteiger partial charge in [0.05, 0.1) is 0 Å². The van der Waals surface area contributed by atoms with Gasteiger partial charge in [0.1, 0.15) is 5.82 Å². The van der Waals surface area contributed by atoms with E-state index in [2.05, 4.69) is 16.9 Å². The number of hydrogen-bond donors (Lipinski definition) is 2. The molecule has 0 aliphatic carbocycles. The number of nitrogen functional groups attached to an aromatic ring is 1. The molecule has 0 aliphatic rings. The van der Waals surface area contributed by atoms with E-state index in [-0.39, 0.29) is 5.95 Å². The van der Waals surface area contributed by atoms with Gasteiger partial charge in [0, 0.05) is 26.7 Å². The van der Waals surface area contributed by atoms with Gasteiger partial charge in [0.2, 0.25) is 5.95 Å².